The van der Waals surface area contributed by atoms with Crippen LogP contribution in [0.5, 0.6) is 0 Å². The Bertz CT molecular complexity index is 925. The average Bonchev–Trinajstić information content (AvgIpc) is 3.42. The summed E-state index contributed by atoms with van der Waals surface area (Å²) in [5, 5.41) is 0. The molecule has 29 heavy (non-hydrogen) atoms. The lowest BCUT2D eigenvalue weighted by Gasteiger charge is -2.29. The number of carbonyl (C=O) groups excluding carboxylic acids is 2. The molecule has 0 spiro atoms. The summed E-state index contributed by atoms with van der Waals surface area (Å²) in [5.41, 5.74) is 0.655. The first kappa shape index (κ1) is 20.8. The van der Waals surface area contributed by atoms with Gasteiger partial charge in [-0.1, -0.05) is 19.8 Å². The quantitative estimate of drug-likeness (QED) is 0.672. The van der Waals surface area contributed by atoms with Gasteiger partial charge in [-0.2, -0.15) is 4.31 Å². The molecule has 0 radical (unpaired) electrons. The van der Waals surface area contributed by atoms with Gasteiger partial charge in [0.25, 0.3) is 10.0 Å². The molecule has 2 aliphatic heterocycles. The Morgan fingerprint density at radius 2 is 1.72 bits per heavy atom. The third-order valence-electron chi connectivity index (χ3n) is 6.36. The van der Waals surface area contributed by atoms with Gasteiger partial charge in [0.05, 0.1) is 19.2 Å². The molecule has 1 saturated carbocycles. The van der Waals surface area contributed by atoms with Gasteiger partial charge in [0.15, 0.2) is 0 Å². The number of methoxy groups -OCH3 is 1. The van der Waals surface area contributed by atoms with Gasteiger partial charge < -0.3 is 9.64 Å². The Morgan fingerprint density at radius 3 is 2.31 bits per heavy atom. The fourth-order valence-electron chi connectivity index (χ4n) is 4.22. The van der Waals surface area contributed by atoms with Crippen molar-refractivity contribution in [3.05, 3.63) is 16.0 Å². The number of fused-ring (bicyclic) bond motifs is 1. The second-order valence-electron chi connectivity index (χ2n) is 8.51. The van der Waals surface area contributed by atoms with Crippen molar-refractivity contribution in [3.8, 4) is 0 Å². The smallest absolute Gasteiger partial charge is 0.340 e. The number of thiophene rings is 1. The van der Waals surface area contributed by atoms with Crippen molar-refractivity contribution in [2.75, 3.05) is 26.7 Å². The van der Waals surface area contributed by atoms with Crippen LogP contribution in [0.1, 0.15) is 66.2 Å². The summed E-state index contributed by atoms with van der Waals surface area (Å²) >= 11 is 1.14. The second kappa shape index (κ2) is 7.67. The van der Waals surface area contributed by atoms with Gasteiger partial charge in [-0.25, -0.2) is 13.2 Å². The van der Waals surface area contributed by atoms with E-state index >= 15 is 0 Å². The lowest BCUT2D eigenvalue weighted by molar-refractivity contribution is -0.137. The summed E-state index contributed by atoms with van der Waals surface area (Å²) in [6.07, 6.45) is 5.99. The zero-order valence-corrected chi connectivity index (χ0v) is 18.7. The molecular formula is C20H28N2O5S2. The van der Waals surface area contributed by atoms with Crippen molar-refractivity contribution < 1.29 is 22.7 Å². The molecule has 4 rings (SSSR count). The van der Waals surface area contributed by atoms with Crippen LogP contribution in [0.4, 0.5) is 0 Å². The van der Waals surface area contributed by atoms with E-state index in [-0.39, 0.29) is 21.1 Å². The van der Waals surface area contributed by atoms with Crippen LogP contribution in [0.3, 0.4) is 0 Å². The van der Waals surface area contributed by atoms with Gasteiger partial charge >= 0.3 is 5.97 Å². The average molecular weight is 441 g/mol. The maximum absolute atomic E-state index is 13.4. The van der Waals surface area contributed by atoms with Crippen LogP contribution < -0.4 is 0 Å². The molecule has 3 heterocycles. The molecule has 0 aromatic carbocycles. The number of sulfonamides is 1. The molecule has 1 aromatic heterocycles. The van der Waals surface area contributed by atoms with Gasteiger partial charge in [0, 0.05) is 29.9 Å². The van der Waals surface area contributed by atoms with Crippen LogP contribution in [0.15, 0.2) is 4.21 Å². The van der Waals surface area contributed by atoms with E-state index in [1.807, 2.05) is 11.8 Å². The van der Waals surface area contributed by atoms with Gasteiger partial charge in [-0.05, 0) is 37.7 Å². The first-order chi connectivity index (χ1) is 13.8. The Kier molecular flexibility index (Phi) is 5.50. The molecule has 1 aromatic rings. The van der Waals surface area contributed by atoms with Gasteiger partial charge in [0.1, 0.15) is 4.21 Å². The number of amides is 1. The Labute approximate surface area is 176 Å². The first-order valence-corrected chi connectivity index (χ1v) is 12.6. The number of esters is 1. The molecule has 7 nitrogen and oxygen atoms in total. The third-order valence-corrected chi connectivity index (χ3v) is 9.97. The molecule has 0 unspecified atom stereocenters. The van der Waals surface area contributed by atoms with Crippen LogP contribution in [0, 0.1) is 5.41 Å². The highest BCUT2D eigenvalue weighted by Gasteiger charge is 2.48. The van der Waals surface area contributed by atoms with E-state index in [1.54, 1.807) is 0 Å². The molecule has 3 aliphatic rings. The van der Waals surface area contributed by atoms with Crippen molar-refractivity contribution in [2.45, 2.75) is 62.6 Å². The van der Waals surface area contributed by atoms with Crippen LogP contribution in [-0.4, -0.2) is 56.2 Å². The zero-order chi connectivity index (χ0) is 20.8. The fraction of sp³-hybridized carbons (Fsp3) is 0.700. The van der Waals surface area contributed by atoms with E-state index in [0.717, 1.165) is 60.3 Å². The number of ether oxygens (including phenoxy) is 1. The number of carbonyl (C=O) groups is 2. The standard InChI is InChI=1S/C20H28N2O5S2/c1-20(8-9-20)19(24)21-12-7-14-15(13-21)28-18(16(14)17(23)27-2)29(25,26)22-10-5-3-4-6-11-22/h3-13H2,1-2H3. The minimum absolute atomic E-state index is 0.0863. The van der Waals surface area contributed by atoms with E-state index in [4.69, 9.17) is 4.74 Å². The molecule has 1 saturated heterocycles. The summed E-state index contributed by atoms with van der Waals surface area (Å²) in [7, 11) is -2.49. The highest BCUT2D eigenvalue weighted by molar-refractivity contribution is 7.91. The van der Waals surface area contributed by atoms with Crippen molar-refractivity contribution in [1.29, 1.82) is 0 Å². The summed E-state index contributed by atoms with van der Waals surface area (Å²) < 4.78 is 33.4. The van der Waals surface area contributed by atoms with Crippen LogP contribution >= 0.6 is 11.3 Å². The topological polar surface area (TPSA) is 84.0 Å². The lowest BCUT2D eigenvalue weighted by atomic mass is 10.0. The lowest BCUT2D eigenvalue weighted by Crippen LogP contribution is -2.39. The Morgan fingerprint density at radius 1 is 1.07 bits per heavy atom. The van der Waals surface area contributed by atoms with Crippen LogP contribution in [0.2, 0.25) is 0 Å². The number of hydrogen-bond donors (Lipinski definition) is 0. The maximum Gasteiger partial charge on any atom is 0.340 e. The molecule has 2 fully saturated rings. The van der Waals surface area contributed by atoms with Crippen molar-refractivity contribution in [2.24, 2.45) is 5.41 Å². The van der Waals surface area contributed by atoms with Gasteiger partial charge in [-0.15, -0.1) is 11.3 Å². The molecule has 0 N–H and O–H groups in total. The number of nitrogens with zero attached hydrogens (tertiary/aromatic N) is 2. The fourth-order valence-corrected chi connectivity index (χ4v) is 7.78. The van der Waals surface area contributed by atoms with Crippen LogP contribution in [-0.2, 0) is 32.5 Å². The zero-order valence-electron chi connectivity index (χ0n) is 17.0. The van der Waals surface area contributed by atoms with E-state index in [0.29, 0.717) is 32.6 Å². The molecular weight excluding hydrogens is 412 g/mol. The second-order valence-corrected chi connectivity index (χ2v) is 11.8. The SMILES string of the molecule is COC(=O)c1c(S(=O)(=O)N2CCCCCC2)sc2c1CCN(C(=O)C1(C)CC1)C2. The van der Waals surface area contributed by atoms with E-state index in [9.17, 15) is 18.0 Å². The minimum Gasteiger partial charge on any atom is -0.465 e. The molecule has 160 valence electrons. The molecule has 0 atom stereocenters. The summed E-state index contributed by atoms with van der Waals surface area (Å²) in [4.78, 5) is 27.9. The highest BCUT2D eigenvalue weighted by atomic mass is 32.2. The van der Waals surface area contributed by atoms with Gasteiger partial charge in [-0.3, -0.25) is 4.79 Å². The summed E-state index contributed by atoms with van der Waals surface area (Å²) in [6, 6.07) is 0. The van der Waals surface area contributed by atoms with E-state index < -0.39 is 16.0 Å². The highest BCUT2D eigenvalue weighted by Crippen LogP contribution is 2.48. The van der Waals surface area contributed by atoms with Gasteiger partial charge in [0.2, 0.25) is 5.91 Å². The summed E-state index contributed by atoms with van der Waals surface area (Å²) in [6.45, 7) is 3.82. The Hall–Kier alpha value is -1.45. The van der Waals surface area contributed by atoms with E-state index in [2.05, 4.69) is 0 Å². The minimum atomic E-state index is -3.77. The maximum atomic E-state index is 13.4. The monoisotopic (exact) mass is 440 g/mol. The molecule has 9 heteroatoms. The third kappa shape index (κ3) is 3.72. The number of rotatable bonds is 4. The molecule has 0 bridgehead atoms. The summed E-state index contributed by atoms with van der Waals surface area (Å²) in [5.74, 6) is -0.474. The first-order valence-electron chi connectivity index (χ1n) is 10.3. The van der Waals surface area contributed by atoms with Crippen molar-refractivity contribution in [3.63, 3.8) is 0 Å². The Balaban J connectivity index is 1.70. The predicted molar refractivity (Wildman–Crippen MR) is 109 cm³/mol. The van der Waals surface area contributed by atoms with Crippen LogP contribution in [0.25, 0.3) is 0 Å². The normalized spacial score (nSPS) is 21.9. The number of hydrogen-bond acceptors (Lipinski definition) is 6. The van der Waals surface area contributed by atoms with Crippen molar-refractivity contribution >= 4 is 33.2 Å². The van der Waals surface area contributed by atoms with E-state index in [1.165, 1.54) is 11.4 Å². The molecule has 1 amide bonds. The predicted octanol–water partition coefficient (Wildman–Crippen LogP) is 2.78. The largest absolute Gasteiger partial charge is 0.465 e. The van der Waals surface area contributed by atoms with Crippen molar-refractivity contribution in [1.82, 2.24) is 9.21 Å². The molecule has 1 aliphatic carbocycles.